The highest BCUT2D eigenvalue weighted by Gasteiger charge is 2.32. The van der Waals surface area contributed by atoms with Gasteiger partial charge in [-0.05, 0) is 118 Å². The van der Waals surface area contributed by atoms with Crippen LogP contribution in [0.3, 0.4) is 0 Å². The highest BCUT2D eigenvalue weighted by atomic mass is 35.5. The Hall–Kier alpha value is -6.69. The number of hydrogen-bond acceptors (Lipinski definition) is 11. The average Bonchev–Trinajstić information content (AvgIpc) is 3.99. The Bertz CT molecular complexity index is 2960. The van der Waals surface area contributed by atoms with E-state index in [1.165, 1.54) is 16.7 Å². The summed E-state index contributed by atoms with van der Waals surface area (Å²) in [7, 11) is 0. The van der Waals surface area contributed by atoms with Crippen molar-refractivity contribution in [3.63, 3.8) is 0 Å². The minimum atomic E-state index is -0.698. The second kappa shape index (κ2) is 22.2. The number of rotatable bonds is 16. The van der Waals surface area contributed by atoms with E-state index in [9.17, 15) is 29.4 Å². The van der Waals surface area contributed by atoms with Gasteiger partial charge in [-0.1, -0.05) is 55.2 Å². The molecular weight excluding hydrogens is 953 g/mol. The summed E-state index contributed by atoms with van der Waals surface area (Å²) in [6.07, 6.45) is 5.98. The van der Waals surface area contributed by atoms with Gasteiger partial charge >= 0.3 is 11.7 Å². The third-order valence-corrected chi connectivity index (χ3v) is 13.7. The molecule has 0 aliphatic carbocycles. The molecule has 0 spiro atoms. The fraction of sp³-hybridized carbons (Fsp3) is 0.385. The lowest BCUT2D eigenvalue weighted by molar-refractivity contribution is -0.146. The fourth-order valence-electron chi connectivity index (χ4n) is 9.32. The van der Waals surface area contributed by atoms with Gasteiger partial charge in [0.15, 0.2) is 5.82 Å². The highest BCUT2D eigenvalue weighted by Crippen LogP contribution is 2.38. The molecule has 2 fully saturated rings. The molecule has 1 atom stereocenters. The summed E-state index contributed by atoms with van der Waals surface area (Å²) >= 11 is 12.8. The van der Waals surface area contributed by atoms with Crippen molar-refractivity contribution in [1.29, 1.82) is 0 Å². The molecular formula is C52H58Cl2FN9O7. The van der Waals surface area contributed by atoms with Crippen molar-refractivity contribution < 1.29 is 33.7 Å². The summed E-state index contributed by atoms with van der Waals surface area (Å²) in [5.74, 6) is -1.08. The maximum Gasteiger partial charge on any atom is 0.348 e. The Kier molecular flexibility index (Phi) is 15.8. The molecule has 6 N–H and O–H groups in total. The van der Waals surface area contributed by atoms with Crippen molar-refractivity contribution in [2.24, 2.45) is 11.8 Å². The average molecular weight is 1010 g/mol. The number of ether oxygens (including phenoxy) is 1. The lowest BCUT2D eigenvalue weighted by Crippen LogP contribution is -2.45. The number of H-pyrrole nitrogens is 2. The van der Waals surface area contributed by atoms with Gasteiger partial charge in [-0.15, -0.1) is 0 Å². The van der Waals surface area contributed by atoms with Crippen LogP contribution >= 0.6 is 23.2 Å². The van der Waals surface area contributed by atoms with E-state index in [1.54, 1.807) is 60.9 Å². The molecule has 2 aliphatic rings. The van der Waals surface area contributed by atoms with Crippen LogP contribution in [-0.2, 0) is 20.9 Å². The molecule has 2 amide bonds. The number of halogens is 3. The second-order valence-corrected chi connectivity index (χ2v) is 19.8. The first-order chi connectivity index (χ1) is 34.0. The molecule has 374 valence electrons. The molecule has 0 unspecified atom stereocenters. The maximum atomic E-state index is 15.7. The van der Waals surface area contributed by atoms with Crippen molar-refractivity contribution >= 4 is 46.8 Å². The van der Waals surface area contributed by atoms with Gasteiger partial charge in [0.25, 0.3) is 5.91 Å². The predicted octanol–water partition coefficient (Wildman–Crippen LogP) is 8.97. The molecule has 2 saturated heterocycles. The van der Waals surface area contributed by atoms with Crippen molar-refractivity contribution in [3.05, 3.63) is 128 Å². The first kappa shape index (κ1) is 50.7. The van der Waals surface area contributed by atoms with E-state index in [0.29, 0.717) is 102 Å². The van der Waals surface area contributed by atoms with E-state index in [-0.39, 0.29) is 77.0 Å². The number of amides is 2. The number of carbonyl (C=O) groups is 3. The normalized spacial score (nSPS) is 15.3. The Morgan fingerprint density at radius 2 is 1.68 bits per heavy atom. The molecule has 19 heteroatoms. The van der Waals surface area contributed by atoms with Crippen LogP contribution in [0.1, 0.15) is 98.9 Å². The second-order valence-electron chi connectivity index (χ2n) is 19.0. The van der Waals surface area contributed by atoms with Gasteiger partial charge in [-0.25, -0.2) is 23.8 Å². The number of aromatic hydroxyl groups is 2. The molecule has 8 rings (SSSR count). The number of pyridine rings is 1. The quantitative estimate of drug-likeness (QED) is 0.0504. The third kappa shape index (κ3) is 12.1. The number of benzene rings is 3. The Labute approximate surface area is 420 Å². The number of phenols is 2. The number of aromatic nitrogens is 5. The molecule has 0 saturated carbocycles. The van der Waals surface area contributed by atoms with Gasteiger partial charge in [-0.3, -0.25) is 19.3 Å². The summed E-state index contributed by atoms with van der Waals surface area (Å²) in [5, 5.41) is 34.6. The number of carbonyl (C=O) groups excluding carboxylic acids is 3. The van der Waals surface area contributed by atoms with E-state index in [2.05, 4.69) is 35.7 Å². The van der Waals surface area contributed by atoms with Crippen molar-refractivity contribution in [2.45, 2.75) is 84.3 Å². The number of likely N-dealkylation sites (tertiary alicyclic amines) is 2. The summed E-state index contributed by atoms with van der Waals surface area (Å²) in [4.78, 5) is 64.8. The van der Waals surface area contributed by atoms with E-state index in [4.69, 9.17) is 27.9 Å². The zero-order valence-electron chi connectivity index (χ0n) is 40.0. The number of hydrogen-bond donors (Lipinski definition) is 6. The molecule has 6 aromatic rings. The number of phenolic OH excluding ortho intramolecular Hbond substituents is 2. The largest absolute Gasteiger partial charge is 0.508 e. The SMILES string of the molecule is CC(C)Nc1cc(-c2c[nH]c(C(=O)N[C@H](COC(=O)CC3CCN(C(=O)C4CCN(Cc5ccc(-n6c(-c7cc(C(C)C)c(O)cc7O)n[nH]c6=O)cc5F)CC4)CC3)c3cccc(Cl)c3)c2)c(Cl)cn1. The number of anilines is 1. The lowest BCUT2D eigenvalue weighted by atomic mass is 9.90. The van der Waals surface area contributed by atoms with Gasteiger partial charge in [-0.2, -0.15) is 5.10 Å². The molecule has 2 aliphatic heterocycles. The molecule has 16 nitrogen and oxygen atoms in total. The van der Waals surface area contributed by atoms with E-state index >= 15 is 4.39 Å². The lowest BCUT2D eigenvalue weighted by Gasteiger charge is -2.37. The number of esters is 1. The van der Waals surface area contributed by atoms with E-state index in [0.717, 1.165) is 0 Å². The van der Waals surface area contributed by atoms with Crippen LogP contribution < -0.4 is 16.3 Å². The number of nitrogens with one attached hydrogen (secondary N) is 4. The van der Waals surface area contributed by atoms with Gasteiger partial charge in [0.05, 0.1) is 22.3 Å². The van der Waals surface area contributed by atoms with Gasteiger partial charge in [0.1, 0.15) is 35.4 Å². The zero-order valence-corrected chi connectivity index (χ0v) is 41.5. The van der Waals surface area contributed by atoms with Gasteiger partial charge in [0.2, 0.25) is 5.91 Å². The Balaban J connectivity index is 0.803. The third-order valence-electron chi connectivity index (χ3n) is 13.2. The van der Waals surface area contributed by atoms with Crippen molar-refractivity contribution in [2.75, 3.05) is 38.1 Å². The van der Waals surface area contributed by atoms with E-state index in [1.807, 2.05) is 38.7 Å². The minimum absolute atomic E-state index is 0.0268. The number of aromatic amines is 2. The Morgan fingerprint density at radius 3 is 2.38 bits per heavy atom. The van der Waals surface area contributed by atoms with Crippen LogP contribution in [0, 0.1) is 17.7 Å². The van der Waals surface area contributed by atoms with Crippen molar-refractivity contribution in [1.82, 2.24) is 39.8 Å². The first-order valence-electron chi connectivity index (χ1n) is 23.9. The topological polar surface area (TPSA) is 211 Å². The zero-order chi connectivity index (χ0) is 50.5. The monoisotopic (exact) mass is 1010 g/mol. The van der Waals surface area contributed by atoms with Crippen LogP contribution in [0.25, 0.3) is 28.2 Å². The standard InChI is InChI=1S/C52H58Cl2FN9O7/c1-29(2)38-22-40(46(66)24-45(38)65)49-60-61-52(70)64(49)37-9-8-34(42(55)21-37)27-62-14-12-32(13-15-62)51(69)63-16-10-31(11-17-63)18-48(67)71-28-44(33-6-5-7-36(53)19-33)59-50(68)43-20-35(25-56-43)39-23-47(58-30(3)4)57-26-41(39)54/h5-9,19-26,29-32,44,56,65-66H,10-18,27-28H2,1-4H3,(H,57,58)(H,59,68)(H,61,70)/t44-/m1/s1. The van der Waals surface area contributed by atoms with Gasteiger partial charge < -0.3 is 35.5 Å². The van der Waals surface area contributed by atoms with Crippen LogP contribution in [-0.4, -0.2) is 101 Å². The predicted molar refractivity (Wildman–Crippen MR) is 269 cm³/mol. The van der Waals surface area contributed by atoms with Crippen LogP contribution in [0.2, 0.25) is 10.0 Å². The van der Waals surface area contributed by atoms with Crippen LogP contribution in [0.4, 0.5) is 10.2 Å². The van der Waals surface area contributed by atoms with Gasteiger partial charge in [0, 0.05) is 78.2 Å². The van der Waals surface area contributed by atoms with Crippen LogP contribution in [0.5, 0.6) is 11.5 Å². The molecule has 0 radical (unpaired) electrons. The fourth-order valence-corrected chi connectivity index (χ4v) is 9.73. The molecule has 0 bridgehead atoms. The summed E-state index contributed by atoms with van der Waals surface area (Å²) in [6.45, 7) is 10.2. The first-order valence-corrected chi connectivity index (χ1v) is 24.6. The molecule has 5 heterocycles. The maximum absolute atomic E-state index is 15.7. The van der Waals surface area contributed by atoms with Crippen molar-refractivity contribution in [3.8, 4) is 39.7 Å². The van der Waals surface area contributed by atoms with E-state index < -0.39 is 29.4 Å². The number of nitrogens with zero attached hydrogens (tertiary/aromatic N) is 5. The highest BCUT2D eigenvalue weighted by molar-refractivity contribution is 6.33. The minimum Gasteiger partial charge on any atom is -0.508 e. The summed E-state index contributed by atoms with van der Waals surface area (Å²) in [5.41, 5.74) is 3.16. The smallest absolute Gasteiger partial charge is 0.348 e. The number of piperidine rings is 2. The Morgan fingerprint density at radius 1 is 0.915 bits per heavy atom. The van der Waals surface area contributed by atoms with Crippen LogP contribution in [0.15, 0.2) is 83.9 Å². The molecule has 3 aromatic carbocycles. The molecule has 3 aromatic heterocycles. The summed E-state index contributed by atoms with van der Waals surface area (Å²) < 4.78 is 22.7. The molecule has 71 heavy (non-hydrogen) atoms. The summed E-state index contributed by atoms with van der Waals surface area (Å²) in [6, 6.07) is 17.3.